The highest BCUT2D eigenvalue weighted by Gasteiger charge is 2.13. The van der Waals surface area contributed by atoms with Crippen LogP contribution in [0.25, 0.3) is 0 Å². The van der Waals surface area contributed by atoms with Crippen LogP contribution in [0.4, 0.5) is 11.4 Å². The number of nitrogens with one attached hydrogen (secondary N) is 2. The maximum Gasteiger partial charge on any atom is 0.340 e. The highest BCUT2D eigenvalue weighted by molar-refractivity contribution is 5.96. The fourth-order valence-corrected chi connectivity index (χ4v) is 2.07. The number of para-hydroxylation sites is 1. The van der Waals surface area contributed by atoms with Gasteiger partial charge in [-0.3, -0.25) is 4.79 Å². The van der Waals surface area contributed by atoms with E-state index in [9.17, 15) is 9.59 Å². The van der Waals surface area contributed by atoms with Crippen LogP contribution in [0.5, 0.6) is 0 Å². The molecule has 0 bridgehead atoms. The van der Waals surface area contributed by atoms with Gasteiger partial charge in [-0.05, 0) is 45.0 Å². The van der Waals surface area contributed by atoms with E-state index in [4.69, 9.17) is 4.74 Å². The van der Waals surface area contributed by atoms with Crippen molar-refractivity contribution in [3.63, 3.8) is 0 Å². The molecule has 0 radical (unpaired) electrons. The van der Waals surface area contributed by atoms with Crippen molar-refractivity contribution in [2.75, 3.05) is 11.9 Å². The minimum absolute atomic E-state index is 0.0496. The van der Waals surface area contributed by atoms with Crippen LogP contribution in [0, 0.1) is 0 Å². The molecule has 1 heterocycles. The van der Waals surface area contributed by atoms with Crippen LogP contribution in [0.1, 0.15) is 41.6 Å². The lowest BCUT2D eigenvalue weighted by atomic mass is 10.1. The summed E-state index contributed by atoms with van der Waals surface area (Å²) >= 11 is 0. The Morgan fingerprint density at radius 1 is 1.17 bits per heavy atom. The van der Waals surface area contributed by atoms with E-state index in [1.165, 1.54) is 0 Å². The van der Waals surface area contributed by atoms with E-state index in [0.29, 0.717) is 29.2 Å². The van der Waals surface area contributed by atoms with Gasteiger partial charge in [0.2, 0.25) is 0 Å². The summed E-state index contributed by atoms with van der Waals surface area (Å²) in [5, 5.41) is 5.91. The quantitative estimate of drug-likeness (QED) is 0.797. The molecule has 0 unspecified atom stereocenters. The van der Waals surface area contributed by atoms with Crippen molar-refractivity contribution in [1.82, 2.24) is 10.3 Å². The fourth-order valence-electron chi connectivity index (χ4n) is 2.07. The number of aromatic nitrogens is 1. The molecular weight excluding hydrogens is 306 g/mol. The minimum Gasteiger partial charge on any atom is -0.462 e. The maximum atomic E-state index is 12.0. The van der Waals surface area contributed by atoms with Gasteiger partial charge in [0, 0.05) is 6.04 Å². The molecule has 1 amide bonds. The van der Waals surface area contributed by atoms with Crippen molar-refractivity contribution < 1.29 is 14.3 Å². The van der Waals surface area contributed by atoms with Crippen molar-refractivity contribution in [3.8, 4) is 0 Å². The Kier molecular flexibility index (Phi) is 5.89. The SMILES string of the molecule is CCOC(=O)c1ccccc1Nc1ccc(C(=O)NC(C)C)nc1. The number of carbonyl (C=O) groups is 2. The van der Waals surface area contributed by atoms with Gasteiger partial charge in [-0.2, -0.15) is 0 Å². The number of amides is 1. The molecule has 6 nitrogen and oxygen atoms in total. The molecule has 2 rings (SSSR count). The first-order valence-electron chi connectivity index (χ1n) is 7.81. The smallest absolute Gasteiger partial charge is 0.340 e. The van der Waals surface area contributed by atoms with Gasteiger partial charge in [0.1, 0.15) is 5.69 Å². The van der Waals surface area contributed by atoms with Crippen LogP contribution in [-0.4, -0.2) is 29.5 Å². The summed E-state index contributed by atoms with van der Waals surface area (Å²) in [6, 6.07) is 10.5. The lowest BCUT2D eigenvalue weighted by Crippen LogP contribution is -2.30. The van der Waals surface area contributed by atoms with E-state index < -0.39 is 0 Å². The van der Waals surface area contributed by atoms with Crippen LogP contribution in [-0.2, 0) is 4.74 Å². The molecule has 0 aliphatic heterocycles. The second-order valence-electron chi connectivity index (χ2n) is 5.45. The third-order valence-electron chi connectivity index (χ3n) is 3.12. The molecule has 2 N–H and O–H groups in total. The van der Waals surface area contributed by atoms with Gasteiger partial charge in [0.05, 0.1) is 29.7 Å². The second-order valence-corrected chi connectivity index (χ2v) is 5.45. The molecule has 0 saturated carbocycles. The molecule has 2 aromatic rings. The monoisotopic (exact) mass is 327 g/mol. The Balaban J connectivity index is 2.15. The lowest BCUT2D eigenvalue weighted by molar-refractivity contribution is 0.0527. The van der Waals surface area contributed by atoms with Crippen LogP contribution >= 0.6 is 0 Å². The van der Waals surface area contributed by atoms with Gasteiger partial charge in [-0.25, -0.2) is 9.78 Å². The van der Waals surface area contributed by atoms with Crippen molar-refractivity contribution in [3.05, 3.63) is 53.9 Å². The third kappa shape index (κ3) is 4.55. The number of anilines is 2. The number of nitrogens with zero attached hydrogens (tertiary/aromatic N) is 1. The van der Waals surface area contributed by atoms with Crippen LogP contribution in [0.2, 0.25) is 0 Å². The normalized spacial score (nSPS) is 10.3. The molecule has 0 saturated heterocycles. The summed E-state index contributed by atoms with van der Waals surface area (Å²) in [6.45, 7) is 5.85. The topological polar surface area (TPSA) is 80.3 Å². The van der Waals surface area contributed by atoms with E-state index in [1.807, 2.05) is 19.9 Å². The number of hydrogen-bond acceptors (Lipinski definition) is 5. The van der Waals surface area contributed by atoms with Gasteiger partial charge in [0.25, 0.3) is 5.91 Å². The molecule has 126 valence electrons. The molecule has 0 spiro atoms. The van der Waals surface area contributed by atoms with Gasteiger partial charge in [-0.1, -0.05) is 12.1 Å². The van der Waals surface area contributed by atoms with Crippen LogP contribution < -0.4 is 10.6 Å². The number of benzene rings is 1. The minimum atomic E-state index is -0.388. The summed E-state index contributed by atoms with van der Waals surface area (Å²) in [6.07, 6.45) is 1.55. The standard InChI is InChI=1S/C18H21N3O3/c1-4-24-18(23)14-7-5-6-8-15(14)21-13-9-10-16(19-11-13)17(22)20-12(2)3/h5-12,21H,4H2,1-3H3,(H,20,22). The van der Waals surface area contributed by atoms with E-state index in [2.05, 4.69) is 15.6 Å². The summed E-state index contributed by atoms with van der Waals surface area (Å²) in [5.41, 5.74) is 2.08. The zero-order chi connectivity index (χ0) is 17.5. The van der Waals surface area contributed by atoms with Crippen LogP contribution in [0.15, 0.2) is 42.6 Å². The summed E-state index contributed by atoms with van der Waals surface area (Å²) in [5.74, 6) is -0.607. The maximum absolute atomic E-state index is 12.0. The molecule has 0 aliphatic rings. The zero-order valence-electron chi connectivity index (χ0n) is 14.0. The molecule has 24 heavy (non-hydrogen) atoms. The Hall–Kier alpha value is -2.89. The summed E-state index contributed by atoms with van der Waals surface area (Å²) in [4.78, 5) is 28.0. The molecule has 0 atom stereocenters. The van der Waals surface area contributed by atoms with Gasteiger partial charge in [-0.15, -0.1) is 0 Å². The van der Waals surface area contributed by atoms with Crippen molar-refractivity contribution >= 4 is 23.3 Å². The summed E-state index contributed by atoms with van der Waals surface area (Å²) in [7, 11) is 0. The first-order valence-corrected chi connectivity index (χ1v) is 7.81. The molecule has 6 heteroatoms. The van der Waals surface area contributed by atoms with Crippen LogP contribution in [0.3, 0.4) is 0 Å². The Morgan fingerprint density at radius 3 is 2.54 bits per heavy atom. The average Bonchev–Trinajstić information content (AvgIpc) is 2.55. The fraction of sp³-hybridized carbons (Fsp3) is 0.278. The predicted octanol–water partition coefficient (Wildman–Crippen LogP) is 3.14. The number of carbonyl (C=O) groups excluding carboxylic acids is 2. The molecule has 0 aliphatic carbocycles. The van der Waals surface area contributed by atoms with E-state index >= 15 is 0 Å². The number of esters is 1. The Bertz CT molecular complexity index is 712. The van der Waals surface area contributed by atoms with E-state index in [1.54, 1.807) is 43.5 Å². The number of pyridine rings is 1. The van der Waals surface area contributed by atoms with Gasteiger partial charge in [0.15, 0.2) is 0 Å². The lowest BCUT2D eigenvalue weighted by Gasteiger charge is -2.12. The van der Waals surface area contributed by atoms with E-state index in [-0.39, 0.29) is 17.9 Å². The highest BCUT2D eigenvalue weighted by Crippen LogP contribution is 2.21. The number of hydrogen-bond donors (Lipinski definition) is 2. The van der Waals surface area contributed by atoms with Crippen molar-refractivity contribution in [1.29, 1.82) is 0 Å². The molecular formula is C18H21N3O3. The van der Waals surface area contributed by atoms with Gasteiger partial charge >= 0.3 is 5.97 Å². The van der Waals surface area contributed by atoms with E-state index in [0.717, 1.165) is 0 Å². The zero-order valence-corrected chi connectivity index (χ0v) is 14.0. The highest BCUT2D eigenvalue weighted by atomic mass is 16.5. The number of rotatable bonds is 6. The van der Waals surface area contributed by atoms with Gasteiger partial charge < -0.3 is 15.4 Å². The summed E-state index contributed by atoms with van der Waals surface area (Å²) < 4.78 is 5.05. The molecule has 1 aromatic carbocycles. The first-order chi connectivity index (χ1) is 11.5. The second kappa shape index (κ2) is 8.10. The average molecular weight is 327 g/mol. The Morgan fingerprint density at radius 2 is 1.92 bits per heavy atom. The van der Waals surface area contributed by atoms with Crippen molar-refractivity contribution in [2.24, 2.45) is 0 Å². The largest absolute Gasteiger partial charge is 0.462 e. The molecule has 1 aromatic heterocycles. The third-order valence-corrected chi connectivity index (χ3v) is 3.12. The van der Waals surface area contributed by atoms with Crippen molar-refractivity contribution in [2.45, 2.75) is 26.8 Å². The predicted molar refractivity (Wildman–Crippen MR) is 92.5 cm³/mol. The Labute approximate surface area is 141 Å². The number of ether oxygens (including phenoxy) is 1. The first kappa shape index (κ1) is 17.5. The molecule has 0 fully saturated rings.